The van der Waals surface area contributed by atoms with Crippen molar-refractivity contribution in [3.05, 3.63) is 58.1 Å². The van der Waals surface area contributed by atoms with E-state index in [9.17, 15) is 34.8 Å². The average molecular weight is 522 g/mol. The topological polar surface area (TPSA) is 187 Å². The summed E-state index contributed by atoms with van der Waals surface area (Å²) in [5, 5.41) is 44.6. The van der Waals surface area contributed by atoms with E-state index in [1.165, 1.54) is 17.2 Å². The number of carbonyl (C=O) groups excluding carboxylic acids is 3. The summed E-state index contributed by atoms with van der Waals surface area (Å²) < 4.78 is 5.85. The molecule has 0 aliphatic heterocycles. The van der Waals surface area contributed by atoms with Gasteiger partial charge in [0.2, 0.25) is 5.78 Å². The number of aliphatic imine (C=N–C) groups is 1. The molecule has 11 nitrogen and oxygen atoms in total. The number of amides is 1. The number of phenols is 1. The first-order valence-electron chi connectivity index (χ1n) is 11.9. The minimum Gasteiger partial charge on any atom is -0.508 e. The fourth-order valence-corrected chi connectivity index (χ4v) is 6.17. The highest BCUT2D eigenvalue weighted by molar-refractivity contribution is 6.24. The molecule has 1 aromatic heterocycles. The number of benzene rings is 1. The Balaban J connectivity index is 1.72. The highest BCUT2D eigenvalue weighted by Crippen LogP contribution is 2.53. The van der Waals surface area contributed by atoms with E-state index in [1.807, 2.05) is 0 Å². The van der Waals surface area contributed by atoms with Crippen LogP contribution in [0.5, 0.6) is 5.75 Å². The van der Waals surface area contributed by atoms with Crippen molar-refractivity contribution in [2.45, 2.75) is 24.5 Å². The van der Waals surface area contributed by atoms with Gasteiger partial charge < -0.3 is 30.6 Å². The first kappa shape index (κ1) is 25.4. The second-order valence-corrected chi connectivity index (χ2v) is 10.0. The summed E-state index contributed by atoms with van der Waals surface area (Å²) in [4.78, 5) is 44.5. The number of nitrogens with zero attached hydrogens (tertiary/aromatic N) is 2. The van der Waals surface area contributed by atoms with Crippen molar-refractivity contribution < 1.29 is 39.2 Å². The summed E-state index contributed by atoms with van der Waals surface area (Å²) in [7, 11) is 4.71. The fraction of sp³-hybridized carbons (Fsp3) is 0.333. The Morgan fingerprint density at radius 3 is 2.53 bits per heavy atom. The van der Waals surface area contributed by atoms with Gasteiger partial charge in [-0.15, -0.1) is 0 Å². The number of primary amides is 1. The van der Waals surface area contributed by atoms with Gasteiger partial charge in [-0.3, -0.25) is 24.3 Å². The number of carbonyl (C=O) groups is 3. The van der Waals surface area contributed by atoms with Crippen LogP contribution in [0.2, 0.25) is 0 Å². The Hall–Kier alpha value is -4.22. The van der Waals surface area contributed by atoms with E-state index in [0.29, 0.717) is 22.6 Å². The highest BCUT2D eigenvalue weighted by Gasteiger charge is 2.64. The third-order valence-electron chi connectivity index (χ3n) is 7.75. The lowest BCUT2D eigenvalue weighted by Gasteiger charge is -2.50. The highest BCUT2D eigenvalue weighted by atomic mass is 16.4. The molecule has 1 heterocycles. The van der Waals surface area contributed by atoms with E-state index >= 15 is 0 Å². The molecule has 1 saturated carbocycles. The van der Waals surface area contributed by atoms with Crippen LogP contribution in [0.1, 0.15) is 23.3 Å². The molecule has 0 unspecified atom stereocenters. The number of aliphatic hydroxyl groups excluding tert-OH is 2. The lowest BCUT2D eigenvalue weighted by molar-refractivity contribution is -0.153. The number of hydrogen-bond acceptors (Lipinski definition) is 10. The predicted molar refractivity (Wildman–Crippen MR) is 135 cm³/mol. The van der Waals surface area contributed by atoms with Crippen LogP contribution in [0.3, 0.4) is 0 Å². The van der Waals surface area contributed by atoms with Crippen molar-refractivity contribution in [2.75, 3.05) is 21.1 Å². The van der Waals surface area contributed by atoms with Gasteiger partial charge in [0.1, 0.15) is 34.4 Å². The van der Waals surface area contributed by atoms with Gasteiger partial charge in [-0.05, 0) is 62.7 Å². The summed E-state index contributed by atoms with van der Waals surface area (Å²) >= 11 is 0. The molecule has 3 aliphatic rings. The number of rotatable bonds is 4. The van der Waals surface area contributed by atoms with Crippen LogP contribution in [-0.4, -0.2) is 81.8 Å². The maximum Gasteiger partial charge on any atom is 0.255 e. The van der Waals surface area contributed by atoms with Crippen LogP contribution in [0.4, 0.5) is 0 Å². The number of likely N-dealkylation sites (N-methyl/N-ethyl adjacent to an activating group) is 1. The Labute approximate surface area is 217 Å². The first-order chi connectivity index (χ1) is 17.9. The molecule has 0 bridgehead atoms. The van der Waals surface area contributed by atoms with Gasteiger partial charge in [0.25, 0.3) is 5.91 Å². The third-order valence-corrected chi connectivity index (χ3v) is 7.75. The Bertz CT molecular complexity index is 1500. The number of furan rings is 1. The summed E-state index contributed by atoms with van der Waals surface area (Å²) in [6.07, 6.45) is 1.71. The van der Waals surface area contributed by atoms with Crippen LogP contribution in [-0.2, 0) is 20.8 Å². The number of phenolic OH excluding ortho intramolecular Hbond substituents is 1. The summed E-state index contributed by atoms with van der Waals surface area (Å²) in [5.41, 5.74) is 2.71. The fourth-order valence-electron chi connectivity index (χ4n) is 6.17. The van der Waals surface area contributed by atoms with E-state index in [2.05, 4.69) is 4.99 Å². The zero-order valence-electron chi connectivity index (χ0n) is 20.9. The lowest BCUT2D eigenvalue weighted by atomic mass is 9.57. The van der Waals surface area contributed by atoms with Gasteiger partial charge >= 0.3 is 0 Å². The molecular weight excluding hydrogens is 494 g/mol. The van der Waals surface area contributed by atoms with Crippen LogP contribution < -0.4 is 5.73 Å². The van der Waals surface area contributed by atoms with Crippen molar-refractivity contribution in [3.8, 4) is 17.1 Å². The second-order valence-electron chi connectivity index (χ2n) is 10.0. The van der Waals surface area contributed by atoms with Crippen LogP contribution in [0, 0.1) is 11.8 Å². The maximum absolute atomic E-state index is 13.9. The van der Waals surface area contributed by atoms with Crippen molar-refractivity contribution in [1.29, 1.82) is 0 Å². The summed E-state index contributed by atoms with van der Waals surface area (Å²) in [5.74, 6) is -5.95. The molecule has 11 heteroatoms. The maximum atomic E-state index is 13.9. The van der Waals surface area contributed by atoms with Crippen molar-refractivity contribution >= 4 is 29.4 Å². The standard InChI is InChI=1S/C27H27N3O8/c1-29-10-12-4-7-17(38-12)13-5-6-16(31)19-14(13)8-11-9-15-21(30(2)3)23(33)20(26(28)36)25(35)27(15,37)24(34)18(11)22(19)32/h4-7,10-11,15,21,31-32,35,37H,8-9H2,1-3H3,(H2,28,36)/t11-,15-,21-,27-/m0/s1. The third kappa shape index (κ3) is 3.35. The number of aromatic hydroxyl groups is 1. The van der Waals surface area contributed by atoms with Gasteiger partial charge in [0, 0.05) is 24.1 Å². The molecule has 4 atom stereocenters. The normalized spacial score (nSPS) is 27.1. The Kier molecular flexibility index (Phi) is 5.80. The van der Waals surface area contributed by atoms with Gasteiger partial charge in [0.15, 0.2) is 11.4 Å². The van der Waals surface area contributed by atoms with E-state index in [0.717, 1.165) is 0 Å². The molecule has 198 valence electrons. The molecule has 5 rings (SSSR count). The van der Waals surface area contributed by atoms with Gasteiger partial charge in [0.05, 0.1) is 17.8 Å². The number of nitrogens with two attached hydrogens (primary N) is 1. The molecular formula is C27H27N3O8. The van der Waals surface area contributed by atoms with Gasteiger partial charge in [-0.25, -0.2) is 0 Å². The lowest BCUT2D eigenvalue weighted by Crippen LogP contribution is -2.65. The van der Waals surface area contributed by atoms with Crippen LogP contribution in [0.15, 0.2) is 50.6 Å². The van der Waals surface area contributed by atoms with Crippen molar-refractivity contribution in [3.63, 3.8) is 0 Å². The number of Topliss-reactive ketones (excluding diaryl/α,β-unsaturated/α-hetero) is 2. The molecule has 1 fully saturated rings. The number of aliphatic hydroxyl groups is 3. The van der Waals surface area contributed by atoms with Crippen molar-refractivity contribution in [2.24, 2.45) is 22.6 Å². The minimum atomic E-state index is -2.67. The molecule has 3 aliphatic carbocycles. The smallest absolute Gasteiger partial charge is 0.255 e. The molecule has 0 spiro atoms. The van der Waals surface area contributed by atoms with E-state index in [4.69, 9.17) is 10.2 Å². The first-order valence-corrected chi connectivity index (χ1v) is 11.9. The minimum absolute atomic E-state index is 0.000832. The molecule has 2 aromatic rings. The SMILES string of the molecule is CN=Cc1ccc(-c2ccc(O)c3c2C[C@H]2C[C@H]4[C@H](N(C)C)C(=O)C(C(N)=O)=C(O)[C@@]4(O)C(=O)C2=C3O)o1. The largest absolute Gasteiger partial charge is 0.508 e. The Morgan fingerprint density at radius 2 is 1.89 bits per heavy atom. The second kappa shape index (κ2) is 8.67. The summed E-state index contributed by atoms with van der Waals surface area (Å²) in [6, 6.07) is 5.30. The van der Waals surface area contributed by atoms with Gasteiger partial charge in [-0.1, -0.05) is 0 Å². The molecule has 1 aromatic carbocycles. The zero-order chi connectivity index (χ0) is 27.7. The summed E-state index contributed by atoms with van der Waals surface area (Å²) in [6.45, 7) is 0. The Morgan fingerprint density at radius 1 is 1.18 bits per heavy atom. The molecule has 38 heavy (non-hydrogen) atoms. The van der Waals surface area contributed by atoms with E-state index < -0.39 is 58.0 Å². The van der Waals surface area contributed by atoms with E-state index in [-0.39, 0.29) is 29.7 Å². The quantitative estimate of drug-likeness (QED) is 0.292. The molecule has 6 N–H and O–H groups in total. The van der Waals surface area contributed by atoms with Crippen molar-refractivity contribution in [1.82, 2.24) is 4.90 Å². The molecule has 0 radical (unpaired) electrons. The average Bonchev–Trinajstić information content (AvgIpc) is 3.29. The number of fused-ring (bicyclic) bond motifs is 3. The molecule has 0 saturated heterocycles. The van der Waals surface area contributed by atoms with E-state index in [1.54, 1.807) is 39.3 Å². The number of ketones is 2. The zero-order valence-corrected chi connectivity index (χ0v) is 20.9. The number of hydrogen-bond donors (Lipinski definition) is 5. The monoisotopic (exact) mass is 521 g/mol. The van der Waals surface area contributed by atoms with Crippen LogP contribution >= 0.6 is 0 Å². The predicted octanol–water partition coefficient (Wildman–Crippen LogP) is 1.27. The van der Waals surface area contributed by atoms with Crippen LogP contribution in [0.25, 0.3) is 17.1 Å². The van der Waals surface area contributed by atoms with Gasteiger partial charge in [-0.2, -0.15) is 0 Å². The molecule has 1 amide bonds.